The van der Waals surface area contributed by atoms with Gasteiger partial charge < -0.3 is 20.2 Å². The predicted octanol–water partition coefficient (Wildman–Crippen LogP) is 5.25. The summed E-state index contributed by atoms with van der Waals surface area (Å²) in [5.74, 6) is -2.24. The van der Waals surface area contributed by atoms with Gasteiger partial charge in [0.2, 0.25) is 0 Å². The first-order valence-corrected chi connectivity index (χ1v) is 10.2. The molecular weight excluding hydrogens is 444 g/mol. The van der Waals surface area contributed by atoms with E-state index in [4.69, 9.17) is 6.57 Å². The molecule has 8 heteroatoms. The van der Waals surface area contributed by atoms with Crippen LogP contribution in [-0.2, 0) is 0 Å². The SMILES string of the molecule is [C-]#[N+]/C(N=Cc1c(O)c(C(=O)O)cc2ccccc12)=C(\C#N)N=Cc1c(O)ccc2ccccc12. The molecule has 3 N–H and O–H groups in total. The number of fused-ring (bicyclic) bond motifs is 2. The van der Waals surface area contributed by atoms with Crippen LogP contribution in [-0.4, -0.2) is 33.7 Å². The van der Waals surface area contributed by atoms with Crippen LogP contribution in [0.1, 0.15) is 21.5 Å². The highest BCUT2D eigenvalue weighted by atomic mass is 16.4. The van der Waals surface area contributed by atoms with Crippen LogP contribution >= 0.6 is 0 Å². The molecule has 0 saturated heterocycles. The van der Waals surface area contributed by atoms with Gasteiger partial charge in [-0.3, -0.25) is 4.99 Å². The minimum absolute atomic E-state index is 0.0421. The Bertz CT molecular complexity index is 1670. The second-order valence-electron chi connectivity index (χ2n) is 7.34. The lowest BCUT2D eigenvalue weighted by molar-refractivity contribution is 0.0694. The average Bonchev–Trinajstić information content (AvgIpc) is 2.87. The van der Waals surface area contributed by atoms with Crippen LogP contribution in [0.5, 0.6) is 11.5 Å². The number of aromatic carboxylic acids is 1. The largest absolute Gasteiger partial charge is 0.507 e. The highest BCUT2D eigenvalue weighted by Gasteiger charge is 2.17. The molecule has 4 rings (SSSR count). The summed E-state index contributed by atoms with van der Waals surface area (Å²) in [7, 11) is 0. The number of phenols is 2. The molecule has 0 atom stereocenters. The Morgan fingerprint density at radius 3 is 2.20 bits per heavy atom. The van der Waals surface area contributed by atoms with Gasteiger partial charge in [-0.2, -0.15) is 5.26 Å². The van der Waals surface area contributed by atoms with Crippen molar-refractivity contribution in [3.05, 3.63) is 106 Å². The quantitative estimate of drug-likeness (QED) is 0.213. The second-order valence-corrected chi connectivity index (χ2v) is 7.34. The smallest absolute Gasteiger partial charge is 0.339 e. The van der Waals surface area contributed by atoms with Crippen molar-refractivity contribution in [1.82, 2.24) is 0 Å². The predicted molar refractivity (Wildman–Crippen MR) is 133 cm³/mol. The number of aliphatic imine (C=N–C) groups is 2. The lowest BCUT2D eigenvalue weighted by Gasteiger charge is -2.07. The Kier molecular flexibility index (Phi) is 6.21. The summed E-state index contributed by atoms with van der Waals surface area (Å²) in [5, 5.41) is 42.5. The number of hydrogen-bond donors (Lipinski definition) is 3. The number of nitrogens with zero attached hydrogens (tertiary/aromatic N) is 4. The molecule has 0 amide bonds. The van der Waals surface area contributed by atoms with Gasteiger partial charge in [0.15, 0.2) is 5.70 Å². The van der Waals surface area contributed by atoms with Crippen LogP contribution in [0.3, 0.4) is 0 Å². The normalized spacial score (nSPS) is 12.1. The summed E-state index contributed by atoms with van der Waals surface area (Å²) in [5.41, 5.74) is -0.165. The first-order valence-electron chi connectivity index (χ1n) is 10.2. The minimum atomic E-state index is -1.32. The van der Waals surface area contributed by atoms with Crippen molar-refractivity contribution in [3.63, 3.8) is 0 Å². The highest BCUT2D eigenvalue weighted by molar-refractivity contribution is 6.08. The second kappa shape index (κ2) is 9.57. The van der Waals surface area contributed by atoms with Crippen molar-refractivity contribution in [2.24, 2.45) is 9.98 Å². The summed E-state index contributed by atoms with van der Waals surface area (Å²) in [6, 6.07) is 20.5. The van der Waals surface area contributed by atoms with E-state index in [2.05, 4.69) is 14.8 Å². The Hall–Kier alpha value is -5.47. The molecule has 4 aromatic rings. The number of carboxylic acids is 1. The molecule has 8 nitrogen and oxygen atoms in total. The molecule has 0 saturated carbocycles. The van der Waals surface area contributed by atoms with Gasteiger partial charge in [-0.15, -0.1) is 4.99 Å². The van der Waals surface area contributed by atoms with Gasteiger partial charge >= 0.3 is 11.8 Å². The zero-order chi connectivity index (χ0) is 24.9. The maximum atomic E-state index is 11.6. The van der Waals surface area contributed by atoms with Gasteiger partial charge in [0, 0.05) is 11.8 Å². The van der Waals surface area contributed by atoms with Crippen LogP contribution in [0.25, 0.3) is 26.4 Å². The zero-order valence-electron chi connectivity index (χ0n) is 18.0. The summed E-state index contributed by atoms with van der Waals surface area (Å²) in [6.07, 6.45) is 2.43. The maximum Gasteiger partial charge on any atom is 0.339 e. The van der Waals surface area contributed by atoms with Crippen molar-refractivity contribution in [1.29, 1.82) is 5.26 Å². The van der Waals surface area contributed by atoms with Crippen LogP contribution in [0, 0.1) is 17.9 Å². The molecule has 0 aliphatic heterocycles. The lowest BCUT2D eigenvalue weighted by Crippen LogP contribution is -2.00. The number of rotatable bonds is 5. The number of nitriles is 1. The summed E-state index contributed by atoms with van der Waals surface area (Å²) < 4.78 is 0. The average molecular weight is 460 g/mol. The van der Waals surface area contributed by atoms with E-state index in [9.17, 15) is 25.4 Å². The molecule has 168 valence electrons. The van der Waals surface area contributed by atoms with E-state index in [1.807, 2.05) is 18.2 Å². The number of hydrogen-bond acceptors (Lipinski definition) is 6. The van der Waals surface area contributed by atoms with Gasteiger partial charge in [-0.05, 0) is 33.7 Å². The molecule has 0 unspecified atom stereocenters. The first kappa shape index (κ1) is 22.7. The standard InChI is InChI=1S/C27H16N4O4/c1-29-26(23(13-28)30-14-21-18-8-4-2-6-16(18)10-11-24(21)32)31-15-22-19-9-5-3-7-17(19)12-20(25(22)33)27(34)35/h2-12,14-15,32-33H,(H,34,35)/b26-23-,30-14?,31-15?. The molecular formula is C27H16N4O4. The fourth-order valence-electron chi connectivity index (χ4n) is 3.61. The summed E-state index contributed by atoms with van der Waals surface area (Å²) in [4.78, 5) is 23.0. The van der Waals surface area contributed by atoms with Crippen LogP contribution in [0.4, 0.5) is 0 Å². The van der Waals surface area contributed by atoms with Crippen molar-refractivity contribution in [2.45, 2.75) is 0 Å². The number of phenolic OH excluding ortho intramolecular Hbond substituents is 1. The Morgan fingerprint density at radius 1 is 0.914 bits per heavy atom. The fraction of sp³-hybridized carbons (Fsp3) is 0. The summed E-state index contributed by atoms with van der Waals surface area (Å²) in [6.45, 7) is 7.47. The monoisotopic (exact) mass is 460 g/mol. The van der Waals surface area contributed by atoms with Gasteiger partial charge in [-0.25, -0.2) is 4.79 Å². The molecule has 35 heavy (non-hydrogen) atoms. The van der Waals surface area contributed by atoms with E-state index in [-0.39, 0.29) is 28.4 Å². The molecule has 0 aromatic heterocycles. The lowest BCUT2D eigenvalue weighted by atomic mass is 10.00. The molecule has 0 bridgehead atoms. The Labute approximate surface area is 199 Å². The van der Waals surface area contributed by atoms with Gasteiger partial charge in [-0.1, -0.05) is 61.2 Å². The van der Waals surface area contributed by atoms with Crippen LogP contribution in [0.2, 0.25) is 0 Å². The van der Waals surface area contributed by atoms with E-state index in [1.165, 1.54) is 18.3 Å². The number of carbonyl (C=O) groups is 1. The van der Waals surface area contributed by atoms with Crippen molar-refractivity contribution < 1.29 is 20.1 Å². The zero-order valence-corrected chi connectivity index (χ0v) is 18.0. The van der Waals surface area contributed by atoms with E-state index < -0.39 is 11.7 Å². The topological polar surface area (TPSA) is 131 Å². The highest BCUT2D eigenvalue weighted by Crippen LogP contribution is 2.31. The van der Waals surface area contributed by atoms with Gasteiger partial charge in [0.05, 0.1) is 5.56 Å². The third-order valence-electron chi connectivity index (χ3n) is 5.30. The third kappa shape index (κ3) is 4.40. The van der Waals surface area contributed by atoms with E-state index in [1.54, 1.807) is 42.5 Å². The number of benzene rings is 4. The number of carboxylic acid groups (broad SMARTS) is 1. The number of allylic oxidation sites excluding steroid dienone is 1. The third-order valence-corrected chi connectivity index (χ3v) is 5.30. The van der Waals surface area contributed by atoms with E-state index in [0.717, 1.165) is 11.6 Å². The van der Waals surface area contributed by atoms with E-state index in [0.29, 0.717) is 21.7 Å². The minimum Gasteiger partial charge on any atom is -0.507 e. The van der Waals surface area contributed by atoms with Crippen molar-refractivity contribution in [2.75, 3.05) is 0 Å². The van der Waals surface area contributed by atoms with Crippen LogP contribution in [0.15, 0.2) is 88.2 Å². The molecule has 0 radical (unpaired) electrons. The first-order chi connectivity index (χ1) is 16.9. The molecule has 0 spiro atoms. The molecule has 0 aliphatic carbocycles. The van der Waals surface area contributed by atoms with Crippen LogP contribution < -0.4 is 0 Å². The molecule has 0 heterocycles. The maximum absolute atomic E-state index is 11.6. The van der Waals surface area contributed by atoms with Gasteiger partial charge in [0.1, 0.15) is 29.3 Å². The Balaban J connectivity index is 1.81. The van der Waals surface area contributed by atoms with Gasteiger partial charge in [0.25, 0.3) is 0 Å². The molecule has 0 aliphatic rings. The molecule has 4 aromatic carbocycles. The Morgan fingerprint density at radius 2 is 1.54 bits per heavy atom. The summed E-state index contributed by atoms with van der Waals surface area (Å²) >= 11 is 0. The van der Waals surface area contributed by atoms with Crippen molar-refractivity contribution in [3.8, 4) is 17.6 Å². The van der Waals surface area contributed by atoms with E-state index >= 15 is 0 Å². The fourth-order valence-corrected chi connectivity index (χ4v) is 3.61. The number of aromatic hydroxyl groups is 2. The van der Waals surface area contributed by atoms with Crippen molar-refractivity contribution >= 4 is 39.9 Å². The molecule has 0 fully saturated rings.